The van der Waals surface area contributed by atoms with Crippen LogP contribution in [0.5, 0.6) is 0 Å². The molecule has 0 unspecified atom stereocenters. The molecule has 1 aliphatic heterocycles. The number of ether oxygens (including phenoxy) is 1. The van der Waals surface area contributed by atoms with Crippen LogP contribution in [0.2, 0.25) is 0 Å². The Bertz CT molecular complexity index is 1240. The Balaban J connectivity index is 1.57. The van der Waals surface area contributed by atoms with E-state index in [1.54, 1.807) is 41.0 Å². The third-order valence-corrected chi connectivity index (χ3v) is 7.88. The van der Waals surface area contributed by atoms with E-state index in [1.165, 1.54) is 34.4 Å². The third-order valence-electron chi connectivity index (χ3n) is 5.23. The van der Waals surface area contributed by atoms with Crippen molar-refractivity contribution >= 4 is 27.7 Å². The van der Waals surface area contributed by atoms with Gasteiger partial charge in [-0.3, -0.25) is 9.36 Å². The Morgan fingerprint density at radius 1 is 1.15 bits per heavy atom. The zero-order chi connectivity index (χ0) is 23.4. The van der Waals surface area contributed by atoms with Crippen LogP contribution in [-0.2, 0) is 21.3 Å². The molecule has 1 amide bonds. The number of nitrogens with one attached hydrogen (secondary N) is 1. The second-order valence-electron chi connectivity index (χ2n) is 7.25. The predicted molar refractivity (Wildman–Crippen MR) is 122 cm³/mol. The number of morpholine rings is 1. The molecule has 4 rings (SSSR count). The summed E-state index contributed by atoms with van der Waals surface area (Å²) in [7, 11) is -3.71. The fourth-order valence-corrected chi connectivity index (χ4v) is 5.75. The fraction of sp³-hybridized carbons (Fsp3) is 0.273. The van der Waals surface area contributed by atoms with Gasteiger partial charge in [-0.05, 0) is 42.2 Å². The van der Waals surface area contributed by atoms with E-state index in [9.17, 15) is 17.6 Å². The molecule has 1 saturated heterocycles. The van der Waals surface area contributed by atoms with E-state index in [1.807, 2.05) is 6.26 Å². The van der Waals surface area contributed by atoms with Gasteiger partial charge in [-0.25, -0.2) is 17.8 Å². The molecule has 1 aliphatic rings. The summed E-state index contributed by atoms with van der Waals surface area (Å²) in [5.74, 6) is -0.806. The molecule has 1 fully saturated rings. The number of benzene rings is 2. The van der Waals surface area contributed by atoms with Gasteiger partial charge in [-0.15, -0.1) is 0 Å². The molecule has 33 heavy (non-hydrogen) atoms. The highest BCUT2D eigenvalue weighted by Gasteiger charge is 2.28. The van der Waals surface area contributed by atoms with E-state index in [0.717, 1.165) is 0 Å². The van der Waals surface area contributed by atoms with Crippen molar-refractivity contribution in [3.05, 3.63) is 71.8 Å². The van der Waals surface area contributed by atoms with Crippen molar-refractivity contribution in [2.45, 2.75) is 16.6 Å². The standard InChI is InChI=1S/C22H23FN4O4S2/c1-32-22-25-15-19(27(22)18-8-6-17(23)7-9-18)21(28)24-14-16-4-2-3-5-20(16)33(29,30)26-10-12-31-13-11-26/h2-9,15H,10-14H2,1H3,(H,24,28). The fourth-order valence-electron chi connectivity index (χ4n) is 3.57. The number of amides is 1. The molecule has 1 aromatic heterocycles. The van der Waals surface area contributed by atoms with Gasteiger partial charge in [-0.2, -0.15) is 4.31 Å². The van der Waals surface area contributed by atoms with Crippen molar-refractivity contribution < 1.29 is 22.3 Å². The molecule has 0 bridgehead atoms. The van der Waals surface area contributed by atoms with Crippen molar-refractivity contribution in [1.82, 2.24) is 19.2 Å². The second-order valence-corrected chi connectivity index (χ2v) is 9.93. The van der Waals surface area contributed by atoms with Crippen molar-refractivity contribution in [3.63, 3.8) is 0 Å². The Labute approximate surface area is 195 Å². The van der Waals surface area contributed by atoms with Gasteiger partial charge in [0.2, 0.25) is 10.0 Å². The van der Waals surface area contributed by atoms with E-state index in [-0.39, 0.29) is 36.0 Å². The molecule has 0 spiro atoms. The minimum Gasteiger partial charge on any atom is -0.379 e. The summed E-state index contributed by atoms with van der Waals surface area (Å²) in [6.07, 6.45) is 3.28. The van der Waals surface area contributed by atoms with Crippen LogP contribution in [0.1, 0.15) is 16.1 Å². The van der Waals surface area contributed by atoms with Gasteiger partial charge >= 0.3 is 0 Å². The first-order valence-electron chi connectivity index (χ1n) is 10.2. The van der Waals surface area contributed by atoms with Crippen LogP contribution in [0, 0.1) is 5.82 Å². The molecule has 0 saturated carbocycles. The van der Waals surface area contributed by atoms with Crippen LogP contribution in [-0.4, -0.2) is 60.7 Å². The first kappa shape index (κ1) is 23.4. The normalized spacial score (nSPS) is 14.8. The van der Waals surface area contributed by atoms with E-state index < -0.39 is 15.9 Å². The summed E-state index contributed by atoms with van der Waals surface area (Å²) >= 11 is 1.35. The zero-order valence-electron chi connectivity index (χ0n) is 17.9. The van der Waals surface area contributed by atoms with E-state index in [0.29, 0.717) is 29.6 Å². The molecule has 8 nitrogen and oxygen atoms in total. The van der Waals surface area contributed by atoms with Crippen molar-refractivity contribution in [2.75, 3.05) is 32.6 Å². The van der Waals surface area contributed by atoms with E-state index in [4.69, 9.17) is 4.74 Å². The number of hydrogen-bond acceptors (Lipinski definition) is 6. The molecule has 2 heterocycles. The number of sulfonamides is 1. The molecule has 11 heteroatoms. The van der Waals surface area contributed by atoms with Crippen molar-refractivity contribution in [3.8, 4) is 5.69 Å². The number of hydrogen-bond donors (Lipinski definition) is 1. The van der Waals surface area contributed by atoms with Crippen molar-refractivity contribution in [1.29, 1.82) is 0 Å². The number of carbonyl (C=O) groups excluding carboxylic acids is 1. The number of nitrogens with zero attached hydrogens (tertiary/aromatic N) is 3. The minimum atomic E-state index is -3.71. The van der Waals surface area contributed by atoms with Gasteiger partial charge < -0.3 is 10.1 Å². The maximum atomic E-state index is 13.4. The zero-order valence-corrected chi connectivity index (χ0v) is 19.5. The Hall–Kier alpha value is -2.73. The van der Waals surface area contributed by atoms with Gasteiger partial charge in [0.15, 0.2) is 5.16 Å². The van der Waals surface area contributed by atoms with Crippen LogP contribution in [0.15, 0.2) is 64.8 Å². The highest BCUT2D eigenvalue weighted by Crippen LogP contribution is 2.23. The minimum absolute atomic E-state index is 0.0157. The van der Waals surface area contributed by atoms with Crippen LogP contribution in [0.25, 0.3) is 5.69 Å². The van der Waals surface area contributed by atoms with Gasteiger partial charge in [0, 0.05) is 25.3 Å². The topological polar surface area (TPSA) is 93.5 Å². The molecule has 3 aromatic rings. The molecule has 174 valence electrons. The molecular weight excluding hydrogens is 467 g/mol. The van der Waals surface area contributed by atoms with Crippen LogP contribution in [0.3, 0.4) is 0 Å². The Morgan fingerprint density at radius 2 is 1.85 bits per heavy atom. The maximum Gasteiger partial charge on any atom is 0.270 e. The molecule has 0 radical (unpaired) electrons. The van der Waals surface area contributed by atoms with Crippen LogP contribution >= 0.6 is 11.8 Å². The first-order valence-corrected chi connectivity index (χ1v) is 12.9. The van der Waals surface area contributed by atoms with Crippen LogP contribution < -0.4 is 5.32 Å². The Morgan fingerprint density at radius 3 is 2.55 bits per heavy atom. The quantitative estimate of drug-likeness (QED) is 0.512. The van der Waals surface area contributed by atoms with Gasteiger partial charge in [-0.1, -0.05) is 30.0 Å². The number of carbonyl (C=O) groups is 1. The summed E-state index contributed by atoms with van der Waals surface area (Å²) in [4.78, 5) is 17.5. The second kappa shape index (κ2) is 10.0. The van der Waals surface area contributed by atoms with E-state index >= 15 is 0 Å². The summed E-state index contributed by atoms with van der Waals surface area (Å²) in [6, 6.07) is 12.4. The highest BCUT2D eigenvalue weighted by molar-refractivity contribution is 7.98. The summed E-state index contributed by atoms with van der Waals surface area (Å²) < 4.78 is 48.0. The number of aromatic nitrogens is 2. The third kappa shape index (κ3) is 4.96. The average Bonchev–Trinajstić information content (AvgIpc) is 3.28. The summed E-state index contributed by atoms with van der Waals surface area (Å²) in [5.41, 5.74) is 1.34. The first-order chi connectivity index (χ1) is 15.9. The number of halogens is 1. The molecule has 0 atom stereocenters. The molecule has 0 aliphatic carbocycles. The lowest BCUT2D eigenvalue weighted by atomic mass is 10.2. The van der Waals surface area contributed by atoms with Gasteiger partial charge in [0.05, 0.1) is 24.3 Å². The van der Waals surface area contributed by atoms with Gasteiger partial charge in [0.25, 0.3) is 5.91 Å². The average molecular weight is 491 g/mol. The van der Waals surface area contributed by atoms with Gasteiger partial charge in [0.1, 0.15) is 11.5 Å². The number of imidazole rings is 1. The Kier molecular flexibility index (Phi) is 7.13. The highest BCUT2D eigenvalue weighted by atomic mass is 32.2. The SMILES string of the molecule is CSc1ncc(C(=O)NCc2ccccc2S(=O)(=O)N2CCOCC2)n1-c1ccc(F)cc1. The smallest absolute Gasteiger partial charge is 0.270 e. The van der Waals surface area contributed by atoms with Crippen molar-refractivity contribution in [2.24, 2.45) is 0 Å². The summed E-state index contributed by atoms with van der Waals surface area (Å²) in [6.45, 7) is 1.29. The molecule has 2 aromatic carbocycles. The summed E-state index contributed by atoms with van der Waals surface area (Å²) in [5, 5.41) is 3.37. The van der Waals surface area contributed by atoms with E-state index in [2.05, 4.69) is 10.3 Å². The lowest BCUT2D eigenvalue weighted by molar-refractivity contribution is 0.0730. The largest absolute Gasteiger partial charge is 0.379 e. The lowest BCUT2D eigenvalue weighted by Crippen LogP contribution is -2.41. The number of thioether (sulfide) groups is 1. The number of rotatable bonds is 7. The lowest BCUT2D eigenvalue weighted by Gasteiger charge is -2.27. The van der Waals surface area contributed by atoms with Crippen LogP contribution in [0.4, 0.5) is 4.39 Å². The molecular formula is C22H23FN4O4S2. The molecule has 1 N–H and O–H groups in total. The monoisotopic (exact) mass is 490 g/mol. The maximum absolute atomic E-state index is 13.4. The predicted octanol–water partition coefficient (Wildman–Crippen LogP) is 2.68.